The molecule has 2 rings (SSSR count). The van der Waals surface area contributed by atoms with Gasteiger partial charge in [0, 0.05) is 5.56 Å². The lowest BCUT2D eigenvalue weighted by Crippen LogP contribution is -2.52. The zero-order valence-corrected chi connectivity index (χ0v) is 11.9. The van der Waals surface area contributed by atoms with Crippen molar-refractivity contribution in [2.75, 3.05) is 6.54 Å². The molecule has 1 amide bonds. The van der Waals surface area contributed by atoms with Crippen LogP contribution in [-0.4, -0.2) is 35.1 Å². The van der Waals surface area contributed by atoms with Crippen molar-refractivity contribution in [3.05, 3.63) is 35.1 Å². The van der Waals surface area contributed by atoms with Crippen molar-refractivity contribution in [2.45, 2.75) is 12.3 Å². The molecule has 7 nitrogen and oxygen atoms in total. The van der Waals surface area contributed by atoms with Crippen LogP contribution < -0.4 is 5.32 Å². The first-order chi connectivity index (χ1) is 10.7. The van der Waals surface area contributed by atoms with Gasteiger partial charge in [-0.25, -0.2) is 4.39 Å². The average Bonchev–Trinajstić information content (AvgIpc) is 2.50. The summed E-state index contributed by atoms with van der Waals surface area (Å²) in [4.78, 5) is 47.3. The van der Waals surface area contributed by atoms with E-state index in [2.05, 4.69) is 0 Å². The molecule has 2 atom stereocenters. The van der Waals surface area contributed by atoms with Crippen LogP contribution in [0.15, 0.2) is 18.2 Å². The lowest BCUT2D eigenvalue weighted by atomic mass is 9.66. The van der Waals surface area contributed by atoms with Gasteiger partial charge in [-0.15, -0.1) is 0 Å². The second kappa shape index (κ2) is 5.61. The minimum Gasteiger partial charge on any atom is -0.480 e. The van der Waals surface area contributed by atoms with Crippen molar-refractivity contribution in [1.82, 2.24) is 5.32 Å². The zero-order valence-electron chi connectivity index (χ0n) is 11.9. The zero-order chi connectivity index (χ0) is 17.4. The van der Waals surface area contributed by atoms with Crippen LogP contribution in [0.3, 0.4) is 0 Å². The highest BCUT2D eigenvalue weighted by molar-refractivity contribution is 6.29. The number of fused-ring (bicyclic) bond motifs is 1. The summed E-state index contributed by atoms with van der Waals surface area (Å²) in [6.45, 7) is 0.424. The van der Waals surface area contributed by atoms with E-state index in [1.807, 2.05) is 5.32 Å². The van der Waals surface area contributed by atoms with E-state index in [9.17, 15) is 28.8 Å². The molecule has 0 aromatic heterocycles. The molecule has 0 radical (unpaired) electrons. The molecule has 0 aliphatic heterocycles. The van der Waals surface area contributed by atoms with Crippen LogP contribution in [0.1, 0.15) is 22.8 Å². The molecule has 23 heavy (non-hydrogen) atoms. The number of Topliss-reactive ketones (excluding diaryl/α,β-unsaturated/α-hetero) is 2. The molecule has 0 saturated carbocycles. The Labute approximate surface area is 129 Å². The highest BCUT2D eigenvalue weighted by Gasteiger charge is 2.52. The molecular weight excluding hydrogens is 307 g/mol. The van der Waals surface area contributed by atoms with Crippen LogP contribution in [0, 0.1) is 23.1 Å². The van der Waals surface area contributed by atoms with E-state index in [4.69, 9.17) is 5.11 Å². The van der Waals surface area contributed by atoms with Crippen molar-refractivity contribution in [3.63, 3.8) is 0 Å². The van der Waals surface area contributed by atoms with Gasteiger partial charge in [0.25, 0.3) is 0 Å². The topological polar surface area (TPSA) is 124 Å². The molecule has 1 aliphatic rings. The van der Waals surface area contributed by atoms with E-state index in [0.717, 1.165) is 18.2 Å². The van der Waals surface area contributed by atoms with Gasteiger partial charge in [0.2, 0.25) is 5.91 Å². The summed E-state index contributed by atoms with van der Waals surface area (Å²) in [5.74, 6) is -6.90. The number of amides is 1. The van der Waals surface area contributed by atoms with Crippen molar-refractivity contribution >= 4 is 23.4 Å². The van der Waals surface area contributed by atoms with E-state index in [1.165, 1.54) is 6.92 Å². The van der Waals surface area contributed by atoms with E-state index >= 15 is 0 Å². The molecule has 0 spiro atoms. The Hall–Kier alpha value is -3.08. The summed E-state index contributed by atoms with van der Waals surface area (Å²) in [6.07, 6.45) is 0. The van der Waals surface area contributed by atoms with E-state index in [0.29, 0.717) is 0 Å². The number of aliphatic carboxylic acids is 1. The van der Waals surface area contributed by atoms with Gasteiger partial charge in [-0.1, -0.05) is 0 Å². The van der Waals surface area contributed by atoms with Gasteiger partial charge in [0.15, 0.2) is 17.5 Å². The third-order valence-electron chi connectivity index (χ3n) is 3.70. The fourth-order valence-electron chi connectivity index (χ4n) is 2.46. The number of carboxylic acids is 1. The number of nitrogens with one attached hydrogen (secondary N) is 1. The fraction of sp³-hybridized carbons (Fsp3) is 0.267. The Morgan fingerprint density at radius 3 is 2.65 bits per heavy atom. The summed E-state index contributed by atoms with van der Waals surface area (Å²) in [6, 6.07) is 4.72. The number of benzene rings is 1. The molecule has 0 bridgehead atoms. The Kier molecular flexibility index (Phi) is 3.97. The number of ketones is 2. The number of carbonyl (C=O) groups is 4. The predicted molar refractivity (Wildman–Crippen MR) is 72.8 cm³/mol. The first kappa shape index (κ1) is 16.3. The van der Waals surface area contributed by atoms with Crippen LogP contribution >= 0.6 is 0 Å². The maximum Gasteiger partial charge on any atom is 0.322 e. The second-order valence-electron chi connectivity index (χ2n) is 5.20. The van der Waals surface area contributed by atoms with E-state index in [-0.39, 0.29) is 11.1 Å². The van der Waals surface area contributed by atoms with Gasteiger partial charge in [0.1, 0.15) is 17.8 Å². The number of nitrogens with zero attached hydrogens (tertiary/aromatic N) is 1. The molecular formula is C15H11FN2O5. The maximum absolute atomic E-state index is 13.4. The number of nitriles is 1. The number of halogens is 1. The number of hydrogen-bond acceptors (Lipinski definition) is 5. The van der Waals surface area contributed by atoms with Gasteiger partial charge in [-0.2, -0.15) is 5.26 Å². The Balaban J connectivity index is 2.53. The smallest absolute Gasteiger partial charge is 0.322 e. The minimum absolute atomic E-state index is 0.0997. The highest BCUT2D eigenvalue weighted by Crippen LogP contribution is 2.37. The Bertz CT molecular complexity index is 783. The number of carboxylic acid groups (broad SMARTS) is 1. The number of rotatable bonds is 3. The van der Waals surface area contributed by atoms with Crippen LogP contribution in [0.4, 0.5) is 4.39 Å². The summed E-state index contributed by atoms with van der Waals surface area (Å²) in [5.41, 5.74) is -2.08. The van der Waals surface area contributed by atoms with Crippen LogP contribution in [0.2, 0.25) is 0 Å². The highest BCUT2D eigenvalue weighted by atomic mass is 19.1. The summed E-state index contributed by atoms with van der Waals surface area (Å²) >= 11 is 0. The largest absolute Gasteiger partial charge is 0.480 e. The number of carbonyl (C=O) groups excluding carboxylic acids is 3. The Morgan fingerprint density at radius 2 is 2.09 bits per heavy atom. The maximum atomic E-state index is 13.4. The van der Waals surface area contributed by atoms with E-state index in [1.54, 1.807) is 6.07 Å². The third-order valence-corrected chi connectivity index (χ3v) is 3.70. The van der Waals surface area contributed by atoms with Crippen molar-refractivity contribution in [1.29, 1.82) is 5.26 Å². The van der Waals surface area contributed by atoms with Crippen molar-refractivity contribution in [2.24, 2.45) is 5.92 Å². The molecule has 0 saturated heterocycles. The SMILES string of the molecule is C[C@]1(C#N)C(=O)C(C(=O)NCC(=O)O)C(=O)c2ccc(F)cc21. The minimum atomic E-state index is -1.88. The van der Waals surface area contributed by atoms with Gasteiger partial charge < -0.3 is 10.4 Å². The first-order valence-corrected chi connectivity index (χ1v) is 6.51. The molecule has 1 aromatic rings. The molecule has 1 unspecified atom stereocenters. The fourth-order valence-corrected chi connectivity index (χ4v) is 2.46. The van der Waals surface area contributed by atoms with E-state index < -0.39 is 47.1 Å². The molecule has 1 aromatic carbocycles. The molecule has 0 fully saturated rings. The molecule has 0 heterocycles. The van der Waals surface area contributed by atoms with Gasteiger partial charge in [-0.05, 0) is 30.7 Å². The monoisotopic (exact) mass is 318 g/mol. The van der Waals surface area contributed by atoms with Crippen LogP contribution in [0.25, 0.3) is 0 Å². The second-order valence-corrected chi connectivity index (χ2v) is 5.20. The Morgan fingerprint density at radius 1 is 1.43 bits per heavy atom. The lowest BCUT2D eigenvalue weighted by Gasteiger charge is -2.31. The molecule has 8 heteroatoms. The third kappa shape index (κ3) is 2.57. The predicted octanol–water partition coefficient (Wildman–Crippen LogP) is 0.189. The van der Waals surface area contributed by atoms with Gasteiger partial charge in [0.05, 0.1) is 6.07 Å². The standard InChI is InChI=1S/C15H11FN2O5/c1-15(6-17)9-4-7(16)2-3-8(9)12(21)11(13(15)22)14(23)18-5-10(19)20/h2-4,11H,5H2,1H3,(H,18,23)(H,19,20)/t11?,15-/m1/s1. The van der Waals surface area contributed by atoms with Crippen LogP contribution in [-0.2, 0) is 19.8 Å². The molecule has 1 aliphatic carbocycles. The summed E-state index contributed by atoms with van der Waals surface area (Å²) < 4.78 is 13.4. The van der Waals surface area contributed by atoms with Crippen molar-refractivity contribution < 1.29 is 28.7 Å². The van der Waals surface area contributed by atoms with Gasteiger partial charge in [-0.3, -0.25) is 19.2 Å². The summed E-state index contributed by atoms with van der Waals surface area (Å²) in [7, 11) is 0. The molecule has 2 N–H and O–H groups in total. The molecule has 118 valence electrons. The number of hydrogen-bond donors (Lipinski definition) is 2. The summed E-state index contributed by atoms with van der Waals surface area (Å²) in [5, 5.41) is 19.8. The first-order valence-electron chi connectivity index (χ1n) is 6.51. The van der Waals surface area contributed by atoms with Crippen molar-refractivity contribution in [3.8, 4) is 6.07 Å². The van der Waals surface area contributed by atoms with Crippen LogP contribution in [0.5, 0.6) is 0 Å². The quantitative estimate of drug-likeness (QED) is 0.767. The van der Waals surface area contributed by atoms with Gasteiger partial charge >= 0.3 is 5.97 Å². The normalized spacial score (nSPS) is 22.9. The average molecular weight is 318 g/mol. The lowest BCUT2D eigenvalue weighted by molar-refractivity contribution is -0.140.